The van der Waals surface area contributed by atoms with E-state index in [2.05, 4.69) is 31.4 Å². The minimum Gasteiger partial charge on any atom is -0.144 e. The van der Waals surface area contributed by atoms with Gasteiger partial charge in [-0.05, 0) is 43.9 Å². The fourth-order valence-corrected chi connectivity index (χ4v) is 1.84. The summed E-state index contributed by atoms with van der Waals surface area (Å²) in [5.41, 5.74) is 2.55. The number of aryl methyl sites for hydroxylation is 1. The molecule has 0 aliphatic rings. The lowest BCUT2D eigenvalue weighted by atomic mass is 10.2. The first kappa shape index (κ1) is 9.82. The maximum atomic E-state index is 5.93. The van der Waals surface area contributed by atoms with E-state index in [-0.39, 0.29) is 5.38 Å². The second-order valence-electron chi connectivity index (χ2n) is 2.97. The second-order valence-corrected chi connectivity index (χ2v) is 4.57. The minimum atomic E-state index is 0.131. The van der Waals surface area contributed by atoms with E-state index < -0.39 is 0 Å². The number of rotatable bonds is 2. The van der Waals surface area contributed by atoms with Crippen molar-refractivity contribution < 1.29 is 0 Å². The fourth-order valence-electron chi connectivity index (χ4n) is 0.854. The third-order valence-corrected chi connectivity index (χ3v) is 3.20. The van der Waals surface area contributed by atoms with Gasteiger partial charge in [-0.25, -0.2) is 0 Å². The number of hydrogen-bond acceptors (Lipinski definition) is 1. The molecular formula is C10H13ClS. The molecule has 12 heavy (non-hydrogen) atoms. The van der Waals surface area contributed by atoms with Crippen LogP contribution in [0.5, 0.6) is 0 Å². The van der Waals surface area contributed by atoms with Crippen molar-refractivity contribution in [2.75, 3.05) is 0 Å². The van der Waals surface area contributed by atoms with Crippen LogP contribution in [0.15, 0.2) is 17.0 Å². The Bertz CT molecular complexity index is 284. The van der Waals surface area contributed by atoms with Crippen LogP contribution in [0.2, 0.25) is 0 Å². The summed E-state index contributed by atoms with van der Waals surface area (Å²) in [6.45, 7) is 6.18. The molecule has 1 unspecified atom stereocenters. The van der Waals surface area contributed by atoms with Gasteiger partial charge in [0.2, 0.25) is 0 Å². The standard InChI is InChI=1S/C10H13ClS/c1-7-4-5-12-10(7)6-8(2)9(3)11/h4-6,9H,1-3H3/b8-6+. The highest BCUT2D eigenvalue weighted by Gasteiger charge is 2.01. The van der Waals surface area contributed by atoms with Crippen LogP contribution in [-0.4, -0.2) is 5.38 Å². The van der Waals surface area contributed by atoms with Gasteiger partial charge in [0.15, 0.2) is 0 Å². The first-order valence-corrected chi connectivity index (χ1v) is 5.29. The van der Waals surface area contributed by atoms with Crippen LogP contribution in [0.25, 0.3) is 6.08 Å². The monoisotopic (exact) mass is 200 g/mol. The Morgan fingerprint density at radius 3 is 2.75 bits per heavy atom. The zero-order valence-electron chi connectivity index (χ0n) is 7.60. The van der Waals surface area contributed by atoms with Crippen molar-refractivity contribution in [3.8, 4) is 0 Å². The lowest BCUT2D eigenvalue weighted by Gasteiger charge is -2.01. The van der Waals surface area contributed by atoms with Gasteiger partial charge in [0.05, 0.1) is 5.38 Å². The molecule has 0 saturated carbocycles. The number of halogens is 1. The molecule has 1 aromatic heterocycles. The highest BCUT2D eigenvalue weighted by atomic mass is 35.5. The fraction of sp³-hybridized carbons (Fsp3) is 0.400. The molecule has 2 heteroatoms. The van der Waals surface area contributed by atoms with E-state index in [0.717, 1.165) is 0 Å². The average molecular weight is 201 g/mol. The van der Waals surface area contributed by atoms with Gasteiger partial charge in [-0.3, -0.25) is 0 Å². The van der Waals surface area contributed by atoms with Crippen molar-refractivity contribution in [2.24, 2.45) is 0 Å². The molecule has 0 amide bonds. The Hall–Kier alpha value is -0.270. The largest absolute Gasteiger partial charge is 0.144 e. The molecule has 0 aliphatic carbocycles. The summed E-state index contributed by atoms with van der Waals surface area (Å²) in [5.74, 6) is 0. The molecule has 0 nitrogen and oxygen atoms in total. The van der Waals surface area contributed by atoms with E-state index >= 15 is 0 Å². The Balaban J connectivity index is 2.87. The zero-order valence-corrected chi connectivity index (χ0v) is 9.17. The van der Waals surface area contributed by atoms with Gasteiger partial charge in [-0.2, -0.15) is 0 Å². The van der Waals surface area contributed by atoms with Gasteiger partial charge < -0.3 is 0 Å². The molecule has 1 atom stereocenters. The highest BCUT2D eigenvalue weighted by Crippen LogP contribution is 2.21. The van der Waals surface area contributed by atoms with Crippen LogP contribution in [0.3, 0.4) is 0 Å². The lowest BCUT2D eigenvalue weighted by Crippen LogP contribution is -1.91. The summed E-state index contributed by atoms with van der Waals surface area (Å²) in [6, 6.07) is 2.13. The molecule has 0 bridgehead atoms. The predicted molar refractivity (Wildman–Crippen MR) is 58.0 cm³/mol. The quantitative estimate of drug-likeness (QED) is 0.631. The van der Waals surface area contributed by atoms with Crippen LogP contribution in [0, 0.1) is 6.92 Å². The molecule has 0 aromatic carbocycles. The van der Waals surface area contributed by atoms with Crippen LogP contribution < -0.4 is 0 Å². The minimum absolute atomic E-state index is 0.131. The van der Waals surface area contributed by atoms with Gasteiger partial charge in [0, 0.05) is 4.88 Å². The Morgan fingerprint density at radius 2 is 2.33 bits per heavy atom. The zero-order chi connectivity index (χ0) is 9.14. The van der Waals surface area contributed by atoms with Gasteiger partial charge in [-0.1, -0.05) is 5.57 Å². The van der Waals surface area contributed by atoms with Gasteiger partial charge in [0.1, 0.15) is 0 Å². The molecule has 0 fully saturated rings. The van der Waals surface area contributed by atoms with Gasteiger partial charge >= 0.3 is 0 Å². The number of allylic oxidation sites excluding steroid dienone is 1. The first-order valence-electron chi connectivity index (χ1n) is 3.97. The van der Waals surface area contributed by atoms with E-state index in [0.29, 0.717) is 0 Å². The Labute approximate surface area is 82.9 Å². The first-order chi connectivity index (χ1) is 5.61. The maximum absolute atomic E-state index is 5.93. The molecular weight excluding hydrogens is 188 g/mol. The topological polar surface area (TPSA) is 0 Å². The molecule has 0 saturated heterocycles. The Morgan fingerprint density at radius 1 is 1.67 bits per heavy atom. The average Bonchev–Trinajstić information content (AvgIpc) is 2.36. The van der Waals surface area contributed by atoms with E-state index in [1.54, 1.807) is 11.3 Å². The normalized spacial score (nSPS) is 14.8. The van der Waals surface area contributed by atoms with Gasteiger partial charge in [-0.15, -0.1) is 22.9 Å². The van der Waals surface area contributed by atoms with E-state index in [1.807, 2.05) is 6.92 Å². The summed E-state index contributed by atoms with van der Waals surface area (Å²) >= 11 is 7.69. The van der Waals surface area contributed by atoms with Crippen LogP contribution in [0.1, 0.15) is 24.3 Å². The highest BCUT2D eigenvalue weighted by molar-refractivity contribution is 7.11. The van der Waals surface area contributed by atoms with Crippen molar-refractivity contribution in [1.82, 2.24) is 0 Å². The van der Waals surface area contributed by atoms with Gasteiger partial charge in [0.25, 0.3) is 0 Å². The molecule has 0 aliphatic heterocycles. The van der Waals surface area contributed by atoms with E-state index in [1.165, 1.54) is 16.0 Å². The van der Waals surface area contributed by atoms with Crippen molar-refractivity contribution >= 4 is 29.0 Å². The number of hydrogen-bond donors (Lipinski definition) is 0. The van der Waals surface area contributed by atoms with Crippen molar-refractivity contribution in [3.63, 3.8) is 0 Å². The maximum Gasteiger partial charge on any atom is 0.0517 e. The SMILES string of the molecule is C/C(=C\c1sccc1C)C(C)Cl. The molecule has 1 rings (SSSR count). The Kier molecular flexibility index (Phi) is 3.36. The van der Waals surface area contributed by atoms with Crippen molar-refractivity contribution in [1.29, 1.82) is 0 Å². The van der Waals surface area contributed by atoms with Crippen LogP contribution in [-0.2, 0) is 0 Å². The third-order valence-electron chi connectivity index (χ3n) is 1.89. The summed E-state index contributed by atoms with van der Waals surface area (Å²) in [7, 11) is 0. The molecule has 0 spiro atoms. The number of thiophene rings is 1. The molecule has 1 aromatic rings. The molecule has 0 N–H and O–H groups in total. The molecule has 0 radical (unpaired) electrons. The van der Waals surface area contributed by atoms with Crippen molar-refractivity contribution in [2.45, 2.75) is 26.1 Å². The lowest BCUT2D eigenvalue weighted by molar-refractivity contribution is 1.12. The van der Waals surface area contributed by atoms with Crippen molar-refractivity contribution in [3.05, 3.63) is 27.5 Å². The molecule has 66 valence electrons. The van der Waals surface area contributed by atoms with E-state index in [9.17, 15) is 0 Å². The van der Waals surface area contributed by atoms with Crippen LogP contribution in [0.4, 0.5) is 0 Å². The summed E-state index contributed by atoms with van der Waals surface area (Å²) in [4.78, 5) is 1.32. The van der Waals surface area contributed by atoms with Crippen LogP contribution >= 0.6 is 22.9 Å². The smallest absolute Gasteiger partial charge is 0.0517 e. The predicted octanol–water partition coefficient (Wildman–Crippen LogP) is 4.09. The third kappa shape index (κ3) is 2.36. The number of alkyl halides is 1. The molecule has 1 heterocycles. The second kappa shape index (κ2) is 4.11. The summed E-state index contributed by atoms with van der Waals surface area (Å²) in [6.07, 6.45) is 2.16. The summed E-state index contributed by atoms with van der Waals surface area (Å²) in [5, 5.41) is 2.24. The van der Waals surface area contributed by atoms with E-state index in [4.69, 9.17) is 11.6 Å². The summed E-state index contributed by atoms with van der Waals surface area (Å²) < 4.78 is 0.